The minimum absolute atomic E-state index is 1.15. The molecule has 0 radical (unpaired) electrons. The quantitative estimate of drug-likeness (QED) is 0.733. The van der Waals surface area contributed by atoms with Crippen LogP contribution in [0, 0.1) is 6.92 Å². The topological polar surface area (TPSA) is 0 Å². The van der Waals surface area contributed by atoms with Gasteiger partial charge in [-0.3, -0.25) is 0 Å². The summed E-state index contributed by atoms with van der Waals surface area (Å²) in [6.07, 6.45) is 0. The molecule has 0 aromatic heterocycles. The number of halogens is 2. The van der Waals surface area contributed by atoms with Gasteiger partial charge in [-0.2, -0.15) is 0 Å². The SMILES string of the molecule is Cc1ccc([CH]=[Zr]([Cl])[Cl])cc1. The zero-order chi connectivity index (χ0) is 8.27. The van der Waals surface area contributed by atoms with Gasteiger partial charge in [0.2, 0.25) is 0 Å². The summed E-state index contributed by atoms with van der Waals surface area (Å²) in [5, 5.41) is 0. The average molecular weight is 266 g/mol. The third kappa shape index (κ3) is 3.65. The van der Waals surface area contributed by atoms with Crippen LogP contribution in [0.1, 0.15) is 11.1 Å². The summed E-state index contributed by atoms with van der Waals surface area (Å²) in [5.41, 5.74) is 2.41. The molecule has 0 aliphatic carbocycles. The number of benzene rings is 1. The van der Waals surface area contributed by atoms with E-state index in [1.165, 1.54) is 5.56 Å². The molecule has 0 saturated heterocycles. The Bertz CT molecular complexity index is 260. The average Bonchev–Trinajstić information content (AvgIpc) is 1.93. The van der Waals surface area contributed by atoms with E-state index in [-0.39, 0.29) is 0 Å². The normalized spacial score (nSPS) is 9.36. The summed E-state index contributed by atoms with van der Waals surface area (Å²) in [7, 11) is 11.5. The first-order chi connectivity index (χ1) is 5.18. The Morgan fingerprint density at radius 1 is 1.18 bits per heavy atom. The molecule has 0 nitrogen and oxygen atoms in total. The predicted octanol–water partition coefficient (Wildman–Crippen LogP) is 3.07. The van der Waals surface area contributed by atoms with Gasteiger partial charge in [-0.1, -0.05) is 0 Å². The van der Waals surface area contributed by atoms with Crippen molar-refractivity contribution in [3.05, 3.63) is 35.4 Å². The van der Waals surface area contributed by atoms with E-state index in [4.69, 9.17) is 17.0 Å². The molecule has 1 aromatic carbocycles. The third-order valence-electron chi connectivity index (χ3n) is 1.35. The van der Waals surface area contributed by atoms with Crippen LogP contribution in [0.15, 0.2) is 24.3 Å². The fourth-order valence-electron chi connectivity index (χ4n) is 0.789. The van der Waals surface area contributed by atoms with Crippen molar-refractivity contribution in [3.8, 4) is 0 Å². The summed E-state index contributed by atoms with van der Waals surface area (Å²) >= 11 is -2.08. The Hall–Kier alpha value is 0.553. The van der Waals surface area contributed by atoms with Crippen molar-refractivity contribution < 1.29 is 18.9 Å². The van der Waals surface area contributed by atoms with Crippen LogP contribution in [0.2, 0.25) is 0 Å². The first kappa shape index (κ1) is 9.64. The van der Waals surface area contributed by atoms with E-state index in [1.54, 1.807) is 0 Å². The molecule has 58 valence electrons. The fraction of sp³-hybridized carbons (Fsp3) is 0.125. The van der Waals surface area contributed by atoms with Gasteiger partial charge in [0, 0.05) is 0 Å². The van der Waals surface area contributed by atoms with Crippen molar-refractivity contribution in [2.45, 2.75) is 6.92 Å². The van der Waals surface area contributed by atoms with E-state index in [0.717, 1.165) is 5.56 Å². The van der Waals surface area contributed by atoms with Gasteiger partial charge in [0.15, 0.2) is 0 Å². The second kappa shape index (κ2) is 4.55. The van der Waals surface area contributed by atoms with E-state index in [2.05, 4.69) is 19.1 Å². The standard InChI is InChI=1S/C8H8.2ClH.Zr/c1-7-3-5-8(2)6-4-7;;;/h1,3-6H,2H3;2*1H;/q;;;+2/p-2. The molecule has 1 rings (SSSR count). The fourth-order valence-corrected chi connectivity index (χ4v) is 3.37. The van der Waals surface area contributed by atoms with Crippen LogP contribution in [0.5, 0.6) is 0 Å². The first-order valence-corrected chi connectivity index (χ1v) is 11.0. The van der Waals surface area contributed by atoms with Gasteiger partial charge in [-0.15, -0.1) is 0 Å². The van der Waals surface area contributed by atoms with Crippen molar-refractivity contribution in [2.24, 2.45) is 0 Å². The van der Waals surface area contributed by atoms with Crippen molar-refractivity contribution in [3.63, 3.8) is 0 Å². The van der Waals surface area contributed by atoms with E-state index in [0.29, 0.717) is 0 Å². The Balaban J connectivity index is 2.91. The van der Waals surface area contributed by atoms with Gasteiger partial charge in [0.1, 0.15) is 0 Å². The van der Waals surface area contributed by atoms with E-state index < -0.39 is 18.9 Å². The van der Waals surface area contributed by atoms with Crippen molar-refractivity contribution in [2.75, 3.05) is 0 Å². The van der Waals surface area contributed by atoms with Crippen molar-refractivity contribution >= 4 is 20.7 Å². The van der Waals surface area contributed by atoms with E-state index in [1.807, 2.05) is 15.8 Å². The van der Waals surface area contributed by atoms with E-state index in [9.17, 15) is 0 Å². The monoisotopic (exact) mass is 264 g/mol. The molecule has 0 aliphatic rings. The summed E-state index contributed by atoms with van der Waals surface area (Å²) in [4.78, 5) is 0. The molecule has 11 heavy (non-hydrogen) atoms. The second-order valence-corrected chi connectivity index (χ2v) is 10.4. The molecule has 0 atom stereocenters. The van der Waals surface area contributed by atoms with Crippen molar-refractivity contribution in [1.82, 2.24) is 0 Å². The van der Waals surface area contributed by atoms with Crippen LogP contribution in [0.3, 0.4) is 0 Å². The third-order valence-corrected chi connectivity index (χ3v) is 4.00. The van der Waals surface area contributed by atoms with Crippen LogP contribution >= 0.6 is 17.0 Å². The van der Waals surface area contributed by atoms with Gasteiger partial charge >= 0.3 is 81.9 Å². The number of aryl methyl sites for hydroxylation is 1. The Morgan fingerprint density at radius 2 is 1.73 bits per heavy atom. The number of rotatable bonds is 1. The molecular weight excluding hydrogens is 258 g/mol. The summed E-state index contributed by atoms with van der Waals surface area (Å²) in [5.74, 6) is 0. The van der Waals surface area contributed by atoms with Gasteiger partial charge in [-0.25, -0.2) is 0 Å². The van der Waals surface area contributed by atoms with Crippen LogP contribution in [-0.4, -0.2) is 3.71 Å². The van der Waals surface area contributed by atoms with E-state index >= 15 is 0 Å². The summed E-state index contributed by atoms with van der Waals surface area (Å²) in [6, 6.07) is 8.21. The second-order valence-electron chi connectivity index (χ2n) is 2.34. The Morgan fingerprint density at radius 3 is 2.18 bits per heavy atom. The van der Waals surface area contributed by atoms with Crippen LogP contribution < -0.4 is 0 Å². The zero-order valence-electron chi connectivity index (χ0n) is 6.14. The number of hydrogen-bond acceptors (Lipinski definition) is 0. The summed E-state index contributed by atoms with van der Waals surface area (Å²) in [6.45, 7) is 2.06. The molecule has 0 spiro atoms. The molecule has 0 aliphatic heterocycles. The molecule has 1 aromatic rings. The molecule has 0 saturated carbocycles. The van der Waals surface area contributed by atoms with Gasteiger partial charge in [0.05, 0.1) is 0 Å². The Kier molecular flexibility index (Phi) is 3.99. The maximum atomic E-state index is 5.76. The zero-order valence-corrected chi connectivity index (χ0v) is 10.1. The van der Waals surface area contributed by atoms with Gasteiger partial charge in [0.25, 0.3) is 0 Å². The van der Waals surface area contributed by atoms with Gasteiger partial charge < -0.3 is 0 Å². The van der Waals surface area contributed by atoms with Crippen LogP contribution in [-0.2, 0) is 18.9 Å². The minimum atomic E-state index is -2.08. The molecule has 0 amide bonds. The molecule has 0 unspecified atom stereocenters. The predicted molar refractivity (Wildman–Crippen MR) is 48.1 cm³/mol. The molecule has 0 heterocycles. The Labute approximate surface area is 81.4 Å². The first-order valence-electron chi connectivity index (χ1n) is 3.28. The van der Waals surface area contributed by atoms with Crippen LogP contribution in [0.25, 0.3) is 0 Å². The number of hydrogen-bond donors (Lipinski definition) is 0. The molecule has 0 bridgehead atoms. The van der Waals surface area contributed by atoms with Gasteiger partial charge in [-0.05, 0) is 0 Å². The van der Waals surface area contributed by atoms with Crippen molar-refractivity contribution in [1.29, 1.82) is 0 Å². The van der Waals surface area contributed by atoms with Crippen LogP contribution in [0.4, 0.5) is 0 Å². The molecule has 0 N–H and O–H groups in total. The maximum absolute atomic E-state index is 5.76. The molecular formula is C8H8Cl2Zr. The summed E-state index contributed by atoms with van der Waals surface area (Å²) < 4.78 is 1.99. The molecule has 0 fully saturated rings. The molecule has 3 heteroatoms.